The fourth-order valence-corrected chi connectivity index (χ4v) is 2.24. The van der Waals surface area contributed by atoms with Crippen molar-refractivity contribution in [1.82, 2.24) is 0 Å². The topological polar surface area (TPSA) is 15.7 Å². The van der Waals surface area contributed by atoms with Gasteiger partial charge in [-0.25, -0.2) is 0 Å². The standard InChI is InChI=1S/C13H19ClN2O/c1-15-7-8-16(9-11-17-10-6-14)13-5-3-2-4-12(13)15/h2-5H,6-11H2,1H3. The van der Waals surface area contributed by atoms with E-state index in [2.05, 4.69) is 41.1 Å². The summed E-state index contributed by atoms with van der Waals surface area (Å²) in [5.41, 5.74) is 2.60. The summed E-state index contributed by atoms with van der Waals surface area (Å²) in [4.78, 5) is 4.68. The van der Waals surface area contributed by atoms with E-state index < -0.39 is 0 Å². The molecule has 0 fully saturated rings. The highest BCUT2D eigenvalue weighted by atomic mass is 35.5. The summed E-state index contributed by atoms with van der Waals surface area (Å²) in [5, 5.41) is 0. The molecule has 4 heteroatoms. The lowest BCUT2D eigenvalue weighted by atomic mass is 10.2. The minimum absolute atomic E-state index is 0.569. The number of hydrogen-bond donors (Lipinski definition) is 0. The maximum absolute atomic E-state index is 5.58. The van der Waals surface area contributed by atoms with Crippen LogP contribution in [0.3, 0.4) is 0 Å². The summed E-state index contributed by atoms with van der Waals surface area (Å²) >= 11 is 5.58. The van der Waals surface area contributed by atoms with E-state index in [9.17, 15) is 0 Å². The smallest absolute Gasteiger partial charge is 0.0642 e. The Morgan fingerprint density at radius 3 is 2.71 bits per heavy atom. The molecule has 0 atom stereocenters. The second-order valence-corrected chi connectivity index (χ2v) is 4.58. The molecule has 0 spiro atoms. The van der Waals surface area contributed by atoms with Crippen LogP contribution >= 0.6 is 11.6 Å². The van der Waals surface area contributed by atoms with Gasteiger partial charge >= 0.3 is 0 Å². The summed E-state index contributed by atoms with van der Waals surface area (Å²) in [5.74, 6) is 0.569. The van der Waals surface area contributed by atoms with Gasteiger partial charge in [0.15, 0.2) is 0 Å². The van der Waals surface area contributed by atoms with E-state index >= 15 is 0 Å². The molecule has 17 heavy (non-hydrogen) atoms. The van der Waals surface area contributed by atoms with Crippen LogP contribution in [0.4, 0.5) is 11.4 Å². The average Bonchev–Trinajstić information content (AvgIpc) is 2.37. The third-order valence-corrected chi connectivity index (χ3v) is 3.22. The Labute approximate surface area is 108 Å². The molecular formula is C13H19ClN2O. The molecule has 0 aromatic heterocycles. The predicted molar refractivity (Wildman–Crippen MR) is 73.5 cm³/mol. The Kier molecular flexibility index (Phi) is 4.51. The Morgan fingerprint density at radius 1 is 1.18 bits per heavy atom. The molecule has 0 radical (unpaired) electrons. The Balaban J connectivity index is 1.98. The molecule has 1 heterocycles. The first-order valence-corrected chi connectivity index (χ1v) is 6.55. The summed E-state index contributed by atoms with van der Waals surface area (Å²) in [7, 11) is 2.14. The summed E-state index contributed by atoms with van der Waals surface area (Å²) in [6, 6.07) is 8.51. The van der Waals surface area contributed by atoms with Crippen LogP contribution in [0.5, 0.6) is 0 Å². The van der Waals surface area contributed by atoms with Crippen molar-refractivity contribution < 1.29 is 4.74 Å². The minimum Gasteiger partial charge on any atom is -0.378 e. The van der Waals surface area contributed by atoms with Gasteiger partial charge in [-0.2, -0.15) is 0 Å². The van der Waals surface area contributed by atoms with Gasteiger partial charge in [0.25, 0.3) is 0 Å². The molecule has 0 saturated heterocycles. The fourth-order valence-electron chi connectivity index (χ4n) is 2.13. The van der Waals surface area contributed by atoms with Crippen LogP contribution < -0.4 is 9.80 Å². The molecule has 1 aliphatic heterocycles. The number of anilines is 2. The van der Waals surface area contributed by atoms with Crippen molar-refractivity contribution in [2.75, 3.05) is 55.6 Å². The van der Waals surface area contributed by atoms with Crippen LogP contribution in [0.1, 0.15) is 0 Å². The number of nitrogens with zero attached hydrogens (tertiary/aromatic N) is 2. The lowest BCUT2D eigenvalue weighted by Gasteiger charge is -2.36. The molecule has 2 rings (SSSR count). The van der Waals surface area contributed by atoms with E-state index in [-0.39, 0.29) is 0 Å². The summed E-state index contributed by atoms with van der Waals surface area (Å²) < 4.78 is 5.44. The number of para-hydroxylation sites is 2. The molecule has 94 valence electrons. The predicted octanol–water partition coefficient (Wildman–Crippen LogP) is 2.20. The van der Waals surface area contributed by atoms with Crippen molar-refractivity contribution >= 4 is 23.0 Å². The first kappa shape index (κ1) is 12.5. The molecule has 0 saturated carbocycles. The van der Waals surface area contributed by atoms with Crippen LogP contribution in [-0.4, -0.2) is 45.8 Å². The van der Waals surface area contributed by atoms with E-state index in [4.69, 9.17) is 16.3 Å². The molecule has 0 aliphatic carbocycles. The van der Waals surface area contributed by atoms with Crippen molar-refractivity contribution in [3.63, 3.8) is 0 Å². The number of likely N-dealkylation sites (N-methyl/N-ethyl adjacent to an activating group) is 1. The lowest BCUT2D eigenvalue weighted by Crippen LogP contribution is -2.40. The van der Waals surface area contributed by atoms with E-state index in [0.29, 0.717) is 12.5 Å². The Morgan fingerprint density at radius 2 is 1.94 bits per heavy atom. The first-order valence-electron chi connectivity index (χ1n) is 6.02. The Bertz CT molecular complexity index is 359. The quantitative estimate of drug-likeness (QED) is 0.592. The zero-order valence-corrected chi connectivity index (χ0v) is 11.0. The summed E-state index contributed by atoms with van der Waals surface area (Å²) in [6.45, 7) is 4.42. The maximum Gasteiger partial charge on any atom is 0.0642 e. The molecule has 0 amide bonds. The summed E-state index contributed by atoms with van der Waals surface area (Å²) in [6.07, 6.45) is 0. The minimum atomic E-state index is 0.569. The molecule has 0 bridgehead atoms. The van der Waals surface area contributed by atoms with Crippen molar-refractivity contribution in [2.24, 2.45) is 0 Å². The SMILES string of the molecule is CN1CCN(CCOCCCl)c2ccccc21. The van der Waals surface area contributed by atoms with Gasteiger partial charge in [0, 0.05) is 32.6 Å². The molecule has 1 aliphatic rings. The zero-order valence-electron chi connectivity index (χ0n) is 10.2. The van der Waals surface area contributed by atoms with Crippen LogP contribution in [0.2, 0.25) is 0 Å². The number of halogens is 1. The zero-order chi connectivity index (χ0) is 12.1. The van der Waals surface area contributed by atoms with E-state index in [1.807, 2.05) is 0 Å². The van der Waals surface area contributed by atoms with Crippen molar-refractivity contribution in [1.29, 1.82) is 0 Å². The number of rotatable bonds is 5. The van der Waals surface area contributed by atoms with Crippen molar-refractivity contribution in [3.05, 3.63) is 24.3 Å². The van der Waals surface area contributed by atoms with E-state index in [1.54, 1.807) is 0 Å². The lowest BCUT2D eigenvalue weighted by molar-refractivity contribution is 0.155. The average molecular weight is 255 g/mol. The Hall–Kier alpha value is -0.930. The largest absolute Gasteiger partial charge is 0.378 e. The second-order valence-electron chi connectivity index (χ2n) is 4.20. The van der Waals surface area contributed by atoms with Gasteiger partial charge in [-0.1, -0.05) is 12.1 Å². The highest BCUT2D eigenvalue weighted by molar-refractivity contribution is 6.17. The van der Waals surface area contributed by atoms with Crippen LogP contribution in [0.25, 0.3) is 0 Å². The van der Waals surface area contributed by atoms with E-state index in [0.717, 1.165) is 26.2 Å². The monoisotopic (exact) mass is 254 g/mol. The van der Waals surface area contributed by atoms with Gasteiger partial charge in [-0.15, -0.1) is 11.6 Å². The molecule has 3 nitrogen and oxygen atoms in total. The number of benzene rings is 1. The number of hydrogen-bond acceptors (Lipinski definition) is 3. The van der Waals surface area contributed by atoms with E-state index in [1.165, 1.54) is 11.4 Å². The highest BCUT2D eigenvalue weighted by Gasteiger charge is 2.18. The van der Waals surface area contributed by atoms with Gasteiger partial charge in [0.2, 0.25) is 0 Å². The molecule has 1 aromatic carbocycles. The van der Waals surface area contributed by atoms with Crippen LogP contribution in [0.15, 0.2) is 24.3 Å². The number of alkyl halides is 1. The van der Waals surface area contributed by atoms with Crippen molar-refractivity contribution in [3.8, 4) is 0 Å². The normalized spacial score (nSPS) is 14.9. The molecule has 1 aromatic rings. The third kappa shape index (κ3) is 3.05. The second kappa shape index (κ2) is 6.12. The molecular weight excluding hydrogens is 236 g/mol. The number of fused-ring (bicyclic) bond motifs is 1. The molecule has 0 unspecified atom stereocenters. The fraction of sp³-hybridized carbons (Fsp3) is 0.538. The maximum atomic E-state index is 5.58. The van der Waals surface area contributed by atoms with Gasteiger partial charge < -0.3 is 14.5 Å². The van der Waals surface area contributed by atoms with Gasteiger partial charge in [0.1, 0.15) is 0 Å². The van der Waals surface area contributed by atoms with Gasteiger partial charge in [-0.05, 0) is 12.1 Å². The van der Waals surface area contributed by atoms with Crippen molar-refractivity contribution in [2.45, 2.75) is 0 Å². The van der Waals surface area contributed by atoms with Crippen LogP contribution in [0, 0.1) is 0 Å². The van der Waals surface area contributed by atoms with Gasteiger partial charge in [-0.3, -0.25) is 0 Å². The van der Waals surface area contributed by atoms with Crippen LogP contribution in [-0.2, 0) is 4.74 Å². The molecule has 0 N–H and O–H groups in total. The number of ether oxygens (including phenoxy) is 1. The first-order chi connectivity index (χ1) is 8.33. The van der Waals surface area contributed by atoms with Gasteiger partial charge in [0.05, 0.1) is 24.6 Å². The third-order valence-electron chi connectivity index (χ3n) is 3.07. The highest BCUT2D eigenvalue weighted by Crippen LogP contribution is 2.31.